The zero-order valence-corrected chi connectivity index (χ0v) is 10.2. The van der Waals surface area contributed by atoms with Crippen LogP contribution in [0.25, 0.3) is 0 Å². The fourth-order valence-electron chi connectivity index (χ4n) is 1.34. The molecule has 0 aliphatic rings. The van der Waals surface area contributed by atoms with E-state index < -0.39 is 4.92 Å². The number of nitrogens with zero attached hydrogens (tertiary/aromatic N) is 1. The second kappa shape index (κ2) is 5.11. The first-order valence-electron chi connectivity index (χ1n) is 4.50. The van der Waals surface area contributed by atoms with Crippen LogP contribution in [0, 0.1) is 10.1 Å². The third kappa shape index (κ3) is 3.20. The van der Waals surface area contributed by atoms with Crippen LogP contribution in [0.5, 0.6) is 5.75 Å². The largest absolute Gasteiger partial charge is 0.496 e. The molecule has 0 amide bonds. The lowest BCUT2D eigenvalue weighted by atomic mass is 10.1. The first-order valence-corrected chi connectivity index (χ1v) is 5.41. The second-order valence-corrected chi connectivity index (χ2v) is 4.80. The number of benzene rings is 1. The number of ether oxygens (including phenoxy) is 1. The standard InChI is InChI=1S/C10H12BrNO3/c1-7(11)5-8-6-9(12(13)14)3-4-10(8)15-2/h3-4,6-7H,5H2,1-2H3. The Labute approximate surface area is 96.5 Å². The first kappa shape index (κ1) is 12.0. The van der Waals surface area contributed by atoms with Crippen LogP contribution in [0.4, 0.5) is 5.69 Å². The lowest BCUT2D eigenvalue weighted by Crippen LogP contribution is -2.00. The molecule has 1 rings (SSSR count). The number of alkyl halides is 1. The number of hydrogen-bond acceptors (Lipinski definition) is 3. The molecule has 0 aliphatic carbocycles. The molecule has 0 bridgehead atoms. The molecule has 0 radical (unpaired) electrons. The van der Waals surface area contributed by atoms with Crippen LogP contribution in [0.15, 0.2) is 18.2 Å². The van der Waals surface area contributed by atoms with Crippen LogP contribution in [0.3, 0.4) is 0 Å². The van der Waals surface area contributed by atoms with E-state index in [0.717, 1.165) is 5.56 Å². The fourth-order valence-corrected chi connectivity index (χ4v) is 1.69. The van der Waals surface area contributed by atoms with E-state index in [4.69, 9.17) is 4.74 Å². The molecular weight excluding hydrogens is 262 g/mol. The van der Waals surface area contributed by atoms with Crippen LogP contribution in [0.1, 0.15) is 12.5 Å². The predicted molar refractivity (Wildman–Crippen MR) is 61.7 cm³/mol. The van der Waals surface area contributed by atoms with Gasteiger partial charge in [-0.15, -0.1) is 0 Å². The number of nitro benzene ring substituents is 1. The highest BCUT2D eigenvalue weighted by molar-refractivity contribution is 9.09. The van der Waals surface area contributed by atoms with Crippen molar-refractivity contribution in [3.8, 4) is 5.75 Å². The second-order valence-electron chi connectivity index (χ2n) is 3.24. The van der Waals surface area contributed by atoms with Crippen LogP contribution >= 0.6 is 15.9 Å². The summed E-state index contributed by atoms with van der Waals surface area (Å²) in [7, 11) is 1.56. The highest BCUT2D eigenvalue weighted by Crippen LogP contribution is 2.26. The Morgan fingerprint density at radius 1 is 1.60 bits per heavy atom. The summed E-state index contributed by atoms with van der Waals surface area (Å²) in [6.07, 6.45) is 0.699. The lowest BCUT2D eigenvalue weighted by Gasteiger charge is -2.09. The molecule has 0 aromatic heterocycles. The molecule has 1 unspecified atom stereocenters. The van der Waals surface area contributed by atoms with E-state index in [1.807, 2.05) is 6.92 Å². The Kier molecular flexibility index (Phi) is 4.08. The van der Waals surface area contributed by atoms with Crippen molar-refractivity contribution < 1.29 is 9.66 Å². The maximum Gasteiger partial charge on any atom is 0.269 e. The zero-order chi connectivity index (χ0) is 11.4. The zero-order valence-electron chi connectivity index (χ0n) is 8.57. The van der Waals surface area contributed by atoms with Gasteiger partial charge in [-0.3, -0.25) is 10.1 Å². The maximum atomic E-state index is 10.6. The van der Waals surface area contributed by atoms with Gasteiger partial charge >= 0.3 is 0 Å². The summed E-state index contributed by atoms with van der Waals surface area (Å²) in [4.78, 5) is 10.4. The van der Waals surface area contributed by atoms with Crippen molar-refractivity contribution in [3.05, 3.63) is 33.9 Å². The van der Waals surface area contributed by atoms with E-state index in [1.54, 1.807) is 19.2 Å². The minimum atomic E-state index is -0.401. The SMILES string of the molecule is COc1ccc([N+](=O)[O-])cc1CC(C)Br. The topological polar surface area (TPSA) is 52.4 Å². The van der Waals surface area contributed by atoms with Gasteiger partial charge in [0.2, 0.25) is 0 Å². The molecule has 5 heteroatoms. The summed E-state index contributed by atoms with van der Waals surface area (Å²) in [5, 5.41) is 10.6. The Hall–Kier alpha value is -1.10. The fraction of sp³-hybridized carbons (Fsp3) is 0.400. The number of methoxy groups -OCH3 is 1. The van der Waals surface area contributed by atoms with Crippen LogP contribution in [-0.4, -0.2) is 16.9 Å². The monoisotopic (exact) mass is 273 g/mol. The number of rotatable bonds is 4. The van der Waals surface area contributed by atoms with Crippen LogP contribution < -0.4 is 4.74 Å². The van der Waals surface area contributed by atoms with E-state index in [-0.39, 0.29) is 10.5 Å². The third-order valence-corrected chi connectivity index (χ3v) is 2.30. The molecule has 82 valence electrons. The van der Waals surface area contributed by atoms with Gasteiger partial charge in [0.15, 0.2) is 0 Å². The molecule has 0 heterocycles. The minimum absolute atomic E-state index is 0.0963. The van der Waals surface area contributed by atoms with Crippen molar-refractivity contribution in [1.29, 1.82) is 0 Å². The Morgan fingerprint density at radius 3 is 2.73 bits per heavy atom. The first-order chi connectivity index (χ1) is 7.04. The van der Waals surface area contributed by atoms with Gasteiger partial charge in [0.1, 0.15) is 5.75 Å². The van der Waals surface area contributed by atoms with E-state index in [9.17, 15) is 10.1 Å². The van der Waals surface area contributed by atoms with Gasteiger partial charge in [-0.05, 0) is 12.5 Å². The van der Waals surface area contributed by atoms with Gasteiger partial charge in [-0.2, -0.15) is 0 Å². The predicted octanol–water partition coefficient (Wildman–Crippen LogP) is 2.93. The van der Waals surface area contributed by atoms with Crippen molar-refractivity contribution in [2.24, 2.45) is 0 Å². The van der Waals surface area contributed by atoms with Crippen molar-refractivity contribution in [3.63, 3.8) is 0 Å². The Bertz CT molecular complexity index is 366. The molecule has 1 atom stereocenters. The highest BCUT2D eigenvalue weighted by atomic mass is 79.9. The van der Waals surface area contributed by atoms with Gasteiger partial charge in [0.25, 0.3) is 5.69 Å². The van der Waals surface area contributed by atoms with Crippen molar-refractivity contribution in [2.45, 2.75) is 18.2 Å². The summed E-state index contributed by atoms with van der Waals surface area (Å²) in [6, 6.07) is 4.63. The van der Waals surface area contributed by atoms with E-state index in [1.165, 1.54) is 6.07 Å². The maximum absolute atomic E-state index is 10.6. The number of hydrogen-bond donors (Lipinski definition) is 0. The summed E-state index contributed by atoms with van der Waals surface area (Å²) < 4.78 is 5.14. The summed E-state index contributed by atoms with van der Waals surface area (Å²) in [6.45, 7) is 1.98. The van der Waals surface area contributed by atoms with Crippen molar-refractivity contribution in [1.82, 2.24) is 0 Å². The van der Waals surface area contributed by atoms with Crippen LogP contribution in [-0.2, 0) is 6.42 Å². The number of nitro groups is 1. The Morgan fingerprint density at radius 2 is 2.27 bits per heavy atom. The quantitative estimate of drug-likeness (QED) is 0.482. The number of halogens is 1. The summed E-state index contributed by atoms with van der Waals surface area (Å²) in [5.41, 5.74) is 0.940. The molecule has 4 nitrogen and oxygen atoms in total. The average Bonchev–Trinajstić information content (AvgIpc) is 2.16. The molecule has 0 saturated carbocycles. The van der Waals surface area contributed by atoms with E-state index >= 15 is 0 Å². The normalized spacial score (nSPS) is 12.2. The summed E-state index contributed by atoms with van der Waals surface area (Å²) in [5.74, 6) is 0.687. The average molecular weight is 274 g/mol. The minimum Gasteiger partial charge on any atom is -0.496 e. The molecule has 15 heavy (non-hydrogen) atoms. The number of non-ortho nitro benzene ring substituents is 1. The molecule has 0 saturated heterocycles. The molecule has 0 spiro atoms. The molecule has 0 N–H and O–H groups in total. The molecule has 0 fully saturated rings. The Balaban J connectivity index is 3.07. The van der Waals surface area contributed by atoms with Gasteiger partial charge in [-0.25, -0.2) is 0 Å². The highest BCUT2D eigenvalue weighted by Gasteiger charge is 2.12. The van der Waals surface area contributed by atoms with Crippen molar-refractivity contribution in [2.75, 3.05) is 7.11 Å². The van der Waals surface area contributed by atoms with Crippen molar-refractivity contribution >= 4 is 21.6 Å². The van der Waals surface area contributed by atoms with E-state index in [0.29, 0.717) is 12.2 Å². The van der Waals surface area contributed by atoms with Gasteiger partial charge in [0.05, 0.1) is 12.0 Å². The molecule has 0 aliphatic heterocycles. The summed E-state index contributed by atoms with van der Waals surface area (Å²) >= 11 is 3.41. The molecule has 1 aromatic carbocycles. The smallest absolute Gasteiger partial charge is 0.269 e. The van der Waals surface area contributed by atoms with E-state index in [2.05, 4.69) is 15.9 Å². The van der Waals surface area contributed by atoms with Gasteiger partial charge in [0, 0.05) is 22.5 Å². The molecular formula is C10H12BrNO3. The third-order valence-electron chi connectivity index (χ3n) is 1.98. The van der Waals surface area contributed by atoms with Gasteiger partial charge < -0.3 is 4.74 Å². The lowest BCUT2D eigenvalue weighted by molar-refractivity contribution is -0.384. The molecule has 1 aromatic rings. The van der Waals surface area contributed by atoms with Gasteiger partial charge in [-0.1, -0.05) is 22.9 Å². The van der Waals surface area contributed by atoms with Crippen LogP contribution in [0.2, 0.25) is 0 Å².